The lowest BCUT2D eigenvalue weighted by molar-refractivity contribution is 0.0494. The van der Waals surface area contributed by atoms with Crippen molar-refractivity contribution in [1.29, 1.82) is 0 Å². The Bertz CT molecular complexity index is 692. The molecular formula is C18H24N4O4. The van der Waals surface area contributed by atoms with Crippen molar-refractivity contribution < 1.29 is 18.8 Å². The van der Waals surface area contributed by atoms with Gasteiger partial charge in [0.05, 0.1) is 19.3 Å². The Morgan fingerprint density at radius 3 is 3.00 bits per heavy atom. The molecule has 0 radical (unpaired) electrons. The highest BCUT2D eigenvalue weighted by atomic mass is 16.5. The van der Waals surface area contributed by atoms with Crippen LogP contribution in [0.4, 0.5) is 4.79 Å². The molecule has 1 saturated heterocycles. The first-order chi connectivity index (χ1) is 12.8. The summed E-state index contributed by atoms with van der Waals surface area (Å²) in [6, 6.07) is 9.55. The monoisotopic (exact) mass is 360 g/mol. The number of nitrogens with zero attached hydrogens (tertiary/aromatic N) is 3. The van der Waals surface area contributed by atoms with Gasteiger partial charge in [-0.2, -0.15) is 4.98 Å². The van der Waals surface area contributed by atoms with Gasteiger partial charge in [0.1, 0.15) is 6.61 Å². The van der Waals surface area contributed by atoms with E-state index >= 15 is 0 Å². The molecule has 1 fully saturated rings. The molecular weight excluding hydrogens is 336 g/mol. The van der Waals surface area contributed by atoms with Crippen LogP contribution in [0.1, 0.15) is 36.2 Å². The van der Waals surface area contributed by atoms with E-state index in [0.29, 0.717) is 38.0 Å². The molecule has 1 unspecified atom stereocenters. The smallest absolute Gasteiger partial charge is 0.318 e. The number of carbonyl (C=O) groups is 1. The largest absolute Gasteiger partial charge is 0.382 e. The number of hydrogen-bond donors (Lipinski definition) is 1. The van der Waals surface area contributed by atoms with Crippen molar-refractivity contribution in [3.8, 4) is 0 Å². The maximum Gasteiger partial charge on any atom is 0.318 e. The third-order valence-corrected chi connectivity index (χ3v) is 4.24. The van der Waals surface area contributed by atoms with Gasteiger partial charge in [-0.05, 0) is 18.4 Å². The molecule has 140 valence electrons. The van der Waals surface area contributed by atoms with Gasteiger partial charge in [0.25, 0.3) is 5.89 Å². The molecule has 8 heteroatoms. The molecule has 2 heterocycles. The quantitative estimate of drug-likeness (QED) is 0.727. The number of carbonyl (C=O) groups excluding carboxylic acids is 1. The summed E-state index contributed by atoms with van der Waals surface area (Å²) >= 11 is 0. The number of urea groups is 1. The van der Waals surface area contributed by atoms with Crippen LogP contribution in [0.2, 0.25) is 0 Å². The molecule has 1 N–H and O–H groups in total. The van der Waals surface area contributed by atoms with Crippen LogP contribution in [-0.4, -0.2) is 47.9 Å². The first kappa shape index (κ1) is 18.3. The number of rotatable bonds is 8. The Labute approximate surface area is 152 Å². The number of hydrogen-bond acceptors (Lipinski definition) is 6. The van der Waals surface area contributed by atoms with Crippen LogP contribution in [0, 0.1) is 0 Å². The maximum atomic E-state index is 12.5. The van der Waals surface area contributed by atoms with Crippen LogP contribution in [-0.2, 0) is 22.6 Å². The molecule has 1 aromatic heterocycles. The van der Waals surface area contributed by atoms with Gasteiger partial charge in [0.15, 0.2) is 5.82 Å². The van der Waals surface area contributed by atoms with Crippen molar-refractivity contribution in [2.75, 3.05) is 26.9 Å². The normalized spacial score (nSPS) is 16.8. The van der Waals surface area contributed by atoms with Gasteiger partial charge < -0.3 is 24.2 Å². The van der Waals surface area contributed by atoms with E-state index in [4.69, 9.17) is 14.0 Å². The lowest BCUT2D eigenvalue weighted by Gasteiger charge is -2.22. The van der Waals surface area contributed by atoms with Crippen molar-refractivity contribution in [2.45, 2.75) is 32.0 Å². The van der Waals surface area contributed by atoms with E-state index < -0.39 is 0 Å². The molecule has 0 spiro atoms. The highest BCUT2D eigenvalue weighted by Crippen LogP contribution is 2.30. The lowest BCUT2D eigenvalue weighted by atomic mass is 10.2. The van der Waals surface area contributed by atoms with Gasteiger partial charge >= 0.3 is 6.03 Å². The molecule has 0 bridgehead atoms. The standard InChI is InChI=1S/C18H24N4O4/c1-24-10-11-25-13-16-20-17(21-26-16)15-8-5-9-22(15)18(23)19-12-14-6-3-2-4-7-14/h2-4,6-7,15H,5,8-13H2,1H3,(H,19,23). The highest BCUT2D eigenvalue weighted by Gasteiger charge is 2.33. The third kappa shape index (κ3) is 4.80. The number of methoxy groups -OCH3 is 1. The molecule has 2 amide bonds. The topological polar surface area (TPSA) is 89.7 Å². The van der Waals surface area contributed by atoms with E-state index in [2.05, 4.69) is 15.5 Å². The zero-order valence-electron chi connectivity index (χ0n) is 14.9. The first-order valence-electron chi connectivity index (χ1n) is 8.75. The second-order valence-electron chi connectivity index (χ2n) is 6.09. The highest BCUT2D eigenvalue weighted by molar-refractivity contribution is 5.75. The summed E-state index contributed by atoms with van der Waals surface area (Å²) in [7, 11) is 1.62. The molecule has 0 aliphatic carbocycles. The number of aromatic nitrogens is 2. The minimum atomic E-state index is -0.165. The zero-order valence-corrected chi connectivity index (χ0v) is 14.9. The molecule has 1 aliphatic rings. The Morgan fingerprint density at radius 2 is 2.19 bits per heavy atom. The van der Waals surface area contributed by atoms with Gasteiger partial charge in [-0.25, -0.2) is 4.79 Å². The van der Waals surface area contributed by atoms with E-state index in [-0.39, 0.29) is 18.7 Å². The second kappa shape index (κ2) is 9.30. The SMILES string of the molecule is COCCOCc1nc(C2CCCN2C(=O)NCc2ccccc2)no1. The van der Waals surface area contributed by atoms with Crippen molar-refractivity contribution in [2.24, 2.45) is 0 Å². The number of ether oxygens (including phenoxy) is 2. The average Bonchev–Trinajstić information content (AvgIpc) is 3.33. The van der Waals surface area contributed by atoms with E-state index in [1.807, 2.05) is 30.3 Å². The van der Waals surface area contributed by atoms with Crippen LogP contribution in [0.3, 0.4) is 0 Å². The Morgan fingerprint density at radius 1 is 1.35 bits per heavy atom. The lowest BCUT2D eigenvalue weighted by Crippen LogP contribution is -2.39. The fraction of sp³-hybridized carbons (Fsp3) is 0.500. The van der Waals surface area contributed by atoms with Gasteiger partial charge in [0.2, 0.25) is 0 Å². The predicted octanol–water partition coefficient (Wildman–Crippen LogP) is 2.28. The van der Waals surface area contributed by atoms with Crippen LogP contribution in [0.15, 0.2) is 34.9 Å². The summed E-state index contributed by atoms with van der Waals surface area (Å²) in [6.45, 7) is 2.39. The minimum absolute atomic E-state index is 0.112. The molecule has 1 aliphatic heterocycles. The summed E-state index contributed by atoms with van der Waals surface area (Å²) in [4.78, 5) is 18.7. The summed E-state index contributed by atoms with van der Waals surface area (Å²) in [5, 5.41) is 6.99. The minimum Gasteiger partial charge on any atom is -0.382 e. The Balaban J connectivity index is 1.54. The van der Waals surface area contributed by atoms with E-state index in [0.717, 1.165) is 18.4 Å². The van der Waals surface area contributed by atoms with Gasteiger partial charge in [-0.15, -0.1) is 0 Å². The van der Waals surface area contributed by atoms with Crippen molar-refractivity contribution in [3.63, 3.8) is 0 Å². The van der Waals surface area contributed by atoms with Gasteiger partial charge in [-0.1, -0.05) is 35.5 Å². The van der Waals surface area contributed by atoms with E-state index in [1.165, 1.54) is 0 Å². The van der Waals surface area contributed by atoms with Crippen molar-refractivity contribution in [1.82, 2.24) is 20.4 Å². The molecule has 0 saturated carbocycles. The van der Waals surface area contributed by atoms with E-state index in [9.17, 15) is 4.79 Å². The molecule has 2 aromatic rings. The van der Waals surface area contributed by atoms with Crippen molar-refractivity contribution in [3.05, 3.63) is 47.6 Å². The van der Waals surface area contributed by atoms with Crippen LogP contribution >= 0.6 is 0 Å². The van der Waals surface area contributed by atoms with Gasteiger partial charge in [-0.3, -0.25) is 0 Å². The Hall–Kier alpha value is -2.45. The Kier molecular flexibility index (Phi) is 6.56. The first-order valence-corrected chi connectivity index (χ1v) is 8.75. The number of amides is 2. The average molecular weight is 360 g/mol. The summed E-state index contributed by atoms with van der Waals surface area (Å²) in [5.41, 5.74) is 1.06. The van der Waals surface area contributed by atoms with Crippen molar-refractivity contribution >= 4 is 6.03 Å². The van der Waals surface area contributed by atoms with Crippen LogP contribution in [0.5, 0.6) is 0 Å². The number of nitrogens with one attached hydrogen (secondary N) is 1. The summed E-state index contributed by atoms with van der Waals surface area (Å²) in [5.74, 6) is 0.940. The number of benzene rings is 1. The number of likely N-dealkylation sites (tertiary alicyclic amines) is 1. The van der Waals surface area contributed by atoms with Crippen LogP contribution < -0.4 is 5.32 Å². The summed E-state index contributed by atoms with van der Waals surface area (Å²) in [6.07, 6.45) is 1.74. The zero-order chi connectivity index (χ0) is 18.2. The molecule has 1 aromatic carbocycles. The fourth-order valence-corrected chi connectivity index (χ4v) is 2.92. The van der Waals surface area contributed by atoms with Crippen LogP contribution in [0.25, 0.3) is 0 Å². The molecule has 1 atom stereocenters. The predicted molar refractivity (Wildman–Crippen MR) is 93.2 cm³/mol. The molecule has 8 nitrogen and oxygen atoms in total. The summed E-state index contributed by atoms with van der Waals surface area (Å²) < 4.78 is 15.5. The maximum absolute atomic E-state index is 12.5. The van der Waals surface area contributed by atoms with Gasteiger partial charge in [0, 0.05) is 20.2 Å². The second-order valence-corrected chi connectivity index (χ2v) is 6.09. The third-order valence-electron chi connectivity index (χ3n) is 4.24. The molecule has 3 rings (SSSR count). The fourth-order valence-electron chi connectivity index (χ4n) is 2.92. The van der Waals surface area contributed by atoms with E-state index in [1.54, 1.807) is 12.0 Å². The molecule has 26 heavy (non-hydrogen) atoms.